The van der Waals surface area contributed by atoms with Crippen LogP contribution in [0.1, 0.15) is 29.5 Å². The van der Waals surface area contributed by atoms with Crippen LogP contribution in [-0.2, 0) is 4.79 Å². The van der Waals surface area contributed by atoms with Crippen molar-refractivity contribution in [2.24, 2.45) is 5.73 Å². The number of carboxylic acids is 1. The van der Waals surface area contributed by atoms with Crippen LogP contribution in [0.15, 0.2) is 24.3 Å². The highest BCUT2D eigenvalue weighted by molar-refractivity contribution is 5.67. The fourth-order valence-corrected chi connectivity index (χ4v) is 1.81. The summed E-state index contributed by atoms with van der Waals surface area (Å²) in [6, 6.07) is 2.23. The van der Waals surface area contributed by atoms with E-state index in [0.717, 1.165) is 12.1 Å². The molecule has 0 spiro atoms. The number of nitrogens with two attached hydrogens (primary N) is 1. The van der Waals surface area contributed by atoms with E-state index < -0.39 is 42.3 Å². The second-order valence-electron chi connectivity index (χ2n) is 4.39. The molecule has 0 fully saturated rings. The zero-order chi connectivity index (χ0) is 16.4. The van der Waals surface area contributed by atoms with Gasteiger partial charge in [-0.1, -0.05) is 24.3 Å². The van der Waals surface area contributed by atoms with E-state index >= 15 is 0 Å². The van der Waals surface area contributed by atoms with Crippen LogP contribution in [0, 0.1) is 0 Å². The van der Waals surface area contributed by atoms with E-state index in [-0.39, 0.29) is 5.56 Å². The summed E-state index contributed by atoms with van der Waals surface area (Å²) < 4.78 is 75.1. The van der Waals surface area contributed by atoms with Crippen molar-refractivity contribution in [1.29, 1.82) is 0 Å². The van der Waals surface area contributed by atoms with E-state index in [4.69, 9.17) is 10.8 Å². The monoisotopic (exact) mass is 315 g/mol. The van der Waals surface area contributed by atoms with Crippen LogP contribution in [0.4, 0.5) is 26.3 Å². The summed E-state index contributed by atoms with van der Waals surface area (Å²) in [4.78, 5) is 10.4. The first kappa shape index (κ1) is 17.3. The molecule has 1 unspecified atom stereocenters. The Kier molecular flexibility index (Phi) is 4.87. The molecule has 0 aromatic heterocycles. The number of aliphatic carboxylic acids is 1. The number of benzene rings is 1. The molecule has 0 aliphatic carbocycles. The highest BCUT2D eigenvalue weighted by Crippen LogP contribution is 2.46. The maximum atomic E-state index is 12.5. The first-order valence-corrected chi connectivity index (χ1v) is 5.63. The molecule has 3 nitrogen and oxygen atoms in total. The van der Waals surface area contributed by atoms with Gasteiger partial charge in [0.15, 0.2) is 5.92 Å². The average molecular weight is 315 g/mol. The zero-order valence-corrected chi connectivity index (χ0v) is 10.4. The minimum atomic E-state index is -5.47. The standard InChI is InChI=1S/C12H11F6NO2/c13-11(14,15)10(12(16,17)18)7-3-1-6(2-4-7)8(19)5-9(20)21/h1-4,8,10H,5,19H2,(H,20,21). The Morgan fingerprint density at radius 3 is 1.71 bits per heavy atom. The fourth-order valence-electron chi connectivity index (χ4n) is 1.81. The van der Waals surface area contributed by atoms with E-state index in [1.165, 1.54) is 0 Å². The van der Waals surface area contributed by atoms with Crippen molar-refractivity contribution in [3.05, 3.63) is 35.4 Å². The first-order chi connectivity index (χ1) is 9.43. The minimum Gasteiger partial charge on any atom is -0.481 e. The van der Waals surface area contributed by atoms with E-state index in [0.29, 0.717) is 12.1 Å². The molecule has 9 heteroatoms. The van der Waals surface area contributed by atoms with Gasteiger partial charge in [-0.05, 0) is 11.1 Å². The number of alkyl halides is 6. The largest absolute Gasteiger partial charge is 0.481 e. The molecule has 3 N–H and O–H groups in total. The molecule has 0 aliphatic heterocycles. The molecule has 1 atom stereocenters. The average Bonchev–Trinajstić information content (AvgIpc) is 2.24. The molecule has 1 rings (SSSR count). The maximum Gasteiger partial charge on any atom is 0.404 e. The third-order valence-electron chi connectivity index (χ3n) is 2.75. The topological polar surface area (TPSA) is 63.3 Å². The molecular formula is C12H11F6NO2. The normalized spacial score (nSPS) is 14.3. The van der Waals surface area contributed by atoms with Crippen molar-refractivity contribution < 1.29 is 36.2 Å². The van der Waals surface area contributed by atoms with Crippen molar-refractivity contribution in [3.8, 4) is 0 Å². The molecule has 1 aromatic rings. The van der Waals surface area contributed by atoms with Gasteiger partial charge in [0.25, 0.3) is 0 Å². The van der Waals surface area contributed by atoms with Crippen molar-refractivity contribution in [2.75, 3.05) is 0 Å². The number of hydrogen-bond donors (Lipinski definition) is 2. The summed E-state index contributed by atoms with van der Waals surface area (Å²) in [7, 11) is 0. The van der Waals surface area contributed by atoms with E-state index in [9.17, 15) is 31.1 Å². The second kappa shape index (κ2) is 5.92. The molecule has 118 valence electrons. The van der Waals surface area contributed by atoms with Crippen LogP contribution >= 0.6 is 0 Å². The zero-order valence-electron chi connectivity index (χ0n) is 10.4. The van der Waals surface area contributed by atoms with Gasteiger partial charge in [-0.3, -0.25) is 4.79 Å². The molecule has 0 radical (unpaired) electrons. The second-order valence-corrected chi connectivity index (χ2v) is 4.39. The molecule has 0 saturated carbocycles. The van der Waals surface area contributed by atoms with Gasteiger partial charge < -0.3 is 10.8 Å². The van der Waals surface area contributed by atoms with Crippen molar-refractivity contribution in [2.45, 2.75) is 30.7 Å². The lowest BCUT2D eigenvalue weighted by atomic mass is 9.95. The Morgan fingerprint density at radius 1 is 1.00 bits per heavy atom. The smallest absolute Gasteiger partial charge is 0.404 e. The molecule has 1 aromatic carbocycles. The maximum absolute atomic E-state index is 12.5. The SMILES string of the molecule is NC(CC(=O)O)c1ccc(C(C(F)(F)F)C(F)(F)F)cc1. The summed E-state index contributed by atoms with van der Waals surface area (Å²) in [6.45, 7) is 0. The van der Waals surface area contributed by atoms with Gasteiger partial charge in [-0.2, -0.15) is 26.3 Å². The number of hydrogen-bond acceptors (Lipinski definition) is 2. The molecule has 0 heterocycles. The van der Waals surface area contributed by atoms with Crippen molar-refractivity contribution in [3.63, 3.8) is 0 Å². The van der Waals surface area contributed by atoms with Crippen LogP contribution in [0.25, 0.3) is 0 Å². The highest BCUT2D eigenvalue weighted by Gasteiger charge is 2.57. The number of carbonyl (C=O) groups is 1. The first-order valence-electron chi connectivity index (χ1n) is 5.63. The quantitative estimate of drug-likeness (QED) is 0.837. The Morgan fingerprint density at radius 2 is 1.38 bits per heavy atom. The summed E-state index contributed by atoms with van der Waals surface area (Å²) in [5.41, 5.74) is 4.64. The lowest BCUT2D eigenvalue weighted by molar-refractivity contribution is -0.253. The van der Waals surface area contributed by atoms with E-state index in [1.54, 1.807) is 0 Å². The van der Waals surface area contributed by atoms with Gasteiger partial charge in [0, 0.05) is 6.04 Å². The van der Waals surface area contributed by atoms with Gasteiger partial charge in [0.05, 0.1) is 6.42 Å². The van der Waals surface area contributed by atoms with Gasteiger partial charge in [-0.25, -0.2) is 0 Å². The van der Waals surface area contributed by atoms with Gasteiger partial charge >= 0.3 is 18.3 Å². The highest BCUT2D eigenvalue weighted by atomic mass is 19.4. The number of carboxylic acid groups (broad SMARTS) is 1. The van der Waals surface area contributed by atoms with Crippen LogP contribution in [0.3, 0.4) is 0 Å². The summed E-state index contributed by atoms with van der Waals surface area (Å²) >= 11 is 0. The number of rotatable bonds is 4. The lowest BCUT2D eigenvalue weighted by Crippen LogP contribution is -2.34. The Balaban J connectivity index is 3.07. The van der Waals surface area contributed by atoms with Gasteiger partial charge in [0.2, 0.25) is 0 Å². The van der Waals surface area contributed by atoms with E-state index in [2.05, 4.69) is 0 Å². The number of halogens is 6. The Bertz CT molecular complexity index is 480. The van der Waals surface area contributed by atoms with Gasteiger partial charge in [-0.15, -0.1) is 0 Å². The molecular weight excluding hydrogens is 304 g/mol. The van der Waals surface area contributed by atoms with Crippen LogP contribution in [-0.4, -0.2) is 23.4 Å². The summed E-state index contributed by atoms with van der Waals surface area (Å²) in [5, 5.41) is 8.52. The van der Waals surface area contributed by atoms with Crippen molar-refractivity contribution in [1.82, 2.24) is 0 Å². The van der Waals surface area contributed by atoms with E-state index in [1.807, 2.05) is 0 Å². The van der Waals surface area contributed by atoms with Crippen molar-refractivity contribution >= 4 is 5.97 Å². The molecule has 0 amide bonds. The Hall–Kier alpha value is -1.77. The third-order valence-corrected chi connectivity index (χ3v) is 2.75. The summed E-state index contributed by atoms with van der Waals surface area (Å²) in [5.74, 6) is -4.82. The Labute approximate surface area is 115 Å². The van der Waals surface area contributed by atoms with Crippen LogP contribution in [0.2, 0.25) is 0 Å². The predicted molar refractivity (Wildman–Crippen MR) is 60.5 cm³/mol. The lowest BCUT2D eigenvalue weighted by Gasteiger charge is -2.23. The molecule has 21 heavy (non-hydrogen) atoms. The predicted octanol–water partition coefficient (Wildman–Crippen LogP) is 3.37. The van der Waals surface area contributed by atoms with Crippen LogP contribution < -0.4 is 5.73 Å². The van der Waals surface area contributed by atoms with Crippen LogP contribution in [0.5, 0.6) is 0 Å². The third kappa shape index (κ3) is 4.62. The fraction of sp³-hybridized carbons (Fsp3) is 0.417. The molecule has 0 aliphatic rings. The summed E-state index contributed by atoms with van der Waals surface area (Å²) in [6.07, 6.45) is -11.4. The van der Waals surface area contributed by atoms with Gasteiger partial charge in [0.1, 0.15) is 0 Å². The minimum absolute atomic E-state index is 0.143. The molecule has 0 bridgehead atoms. The molecule has 0 saturated heterocycles.